The maximum absolute atomic E-state index is 11.9. The fraction of sp³-hybridized carbons (Fsp3) is 0.462. The van der Waals surface area contributed by atoms with E-state index in [-0.39, 0.29) is 12.1 Å². The summed E-state index contributed by atoms with van der Waals surface area (Å²) in [6.45, 7) is 6.34. The minimum absolute atomic E-state index is 0.152. The van der Waals surface area contributed by atoms with Crippen LogP contribution in [0.1, 0.15) is 24.4 Å². The summed E-state index contributed by atoms with van der Waals surface area (Å²) in [6.07, 6.45) is 5.33. The maximum Gasteiger partial charge on any atom is 0.319 e. The second-order valence-electron chi connectivity index (χ2n) is 4.86. The second-order valence-corrected chi connectivity index (χ2v) is 4.86. The van der Waals surface area contributed by atoms with E-state index in [0.29, 0.717) is 6.54 Å². The highest BCUT2D eigenvalue weighted by atomic mass is 16.2. The standard InChI is InChI=1S/C13H20N6O/c1-9(19-6-5-14-8-19)7-15-13(20)16-12-10(2)17-18(4)11(12)3/h5-6,8-9H,7H2,1-4H3,(H2,15,16,20)/t9-/m0/s1. The topological polar surface area (TPSA) is 76.8 Å². The molecule has 2 N–H and O–H groups in total. The first-order valence-corrected chi connectivity index (χ1v) is 6.51. The van der Waals surface area contributed by atoms with Crippen molar-refractivity contribution in [1.29, 1.82) is 0 Å². The van der Waals surface area contributed by atoms with Gasteiger partial charge in [0, 0.05) is 32.0 Å². The lowest BCUT2D eigenvalue weighted by atomic mass is 10.3. The average molecular weight is 276 g/mol. The van der Waals surface area contributed by atoms with Gasteiger partial charge in [0.05, 0.1) is 23.4 Å². The molecule has 7 nitrogen and oxygen atoms in total. The van der Waals surface area contributed by atoms with Crippen LogP contribution in [0.4, 0.5) is 10.5 Å². The molecule has 1 atom stereocenters. The van der Waals surface area contributed by atoms with Gasteiger partial charge in [-0.1, -0.05) is 0 Å². The van der Waals surface area contributed by atoms with Crippen molar-refractivity contribution in [1.82, 2.24) is 24.6 Å². The number of imidazole rings is 1. The van der Waals surface area contributed by atoms with Crippen LogP contribution in [-0.2, 0) is 7.05 Å². The van der Waals surface area contributed by atoms with Gasteiger partial charge in [0.1, 0.15) is 0 Å². The van der Waals surface area contributed by atoms with Crippen LogP contribution in [0.3, 0.4) is 0 Å². The van der Waals surface area contributed by atoms with Gasteiger partial charge in [-0.25, -0.2) is 9.78 Å². The van der Waals surface area contributed by atoms with Gasteiger partial charge in [-0.05, 0) is 20.8 Å². The van der Waals surface area contributed by atoms with Crippen molar-refractivity contribution in [2.45, 2.75) is 26.8 Å². The normalized spacial score (nSPS) is 12.2. The number of carbonyl (C=O) groups excluding carboxylic acids is 1. The molecule has 7 heteroatoms. The monoisotopic (exact) mass is 276 g/mol. The first-order chi connectivity index (χ1) is 9.49. The molecular weight excluding hydrogens is 256 g/mol. The molecule has 0 saturated heterocycles. The molecule has 0 spiro atoms. The molecule has 0 aliphatic heterocycles. The summed E-state index contributed by atoms with van der Waals surface area (Å²) in [5, 5.41) is 9.95. The van der Waals surface area contributed by atoms with Crippen molar-refractivity contribution in [3.05, 3.63) is 30.1 Å². The largest absolute Gasteiger partial charge is 0.336 e. The van der Waals surface area contributed by atoms with Gasteiger partial charge in [0.25, 0.3) is 0 Å². The van der Waals surface area contributed by atoms with E-state index in [0.717, 1.165) is 17.1 Å². The first-order valence-electron chi connectivity index (χ1n) is 6.51. The molecule has 2 aromatic rings. The lowest BCUT2D eigenvalue weighted by Gasteiger charge is -2.14. The summed E-state index contributed by atoms with van der Waals surface area (Å²) in [5.41, 5.74) is 2.50. The lowest BCUT2D eigenvalue weighted by Crippen LogP contribution is -2.33. The Morgan fingerprint density at radius 2 is 2.20 bits per heavy atom. The third-order valence-corrected chi connectivity index (χ3v) is 3.34. The van der Waals surface area contributed by atoms with Gasteiger partial charge in [0.15, 0.2) is 0 Å². The van der Waals surface area contributed by atoms with Crippen LogP contribution < -0.4 is 10.6 Å². The van der Waals surface area contributed by atoms with Gasteiger partial charge in [-0.15, -0.1) is 0 Å². The summed E-state index contributed by atoms with van der Waals surface area (Å²) in [5.74, 6) is 0. The Balaban J connectivity index is 1.90. The first kappa shape index (κ1) is 14.1. The molecule has 0 bridgehead atoms. The summed E-state index contributed by atoms with van der Waals surface area (Å²) >= 11 is 0. The SMILES string of the molecule is Cc1nn(C)c(C)c1NC(=O)NC[C@H](C)n1ccnc1. The Morgan fingerprint density at radius 1 is 1.45 bits per heavy atom. The average Bonchev–Trinajstić information content (AvgIpc) is 3.01. The van der Waals surface area contributed by atoms with Crippen molar-refractivity contribution < 1.29 is 4.79 Å². The molecule has 0 aliphatic rings. The Morgan fingerprint density at radius 3 is 2.75 bits per heavy atom. The number of hydrogen-bond donors (Lipinski definition) is 2. The Labute approximate surface area is 118 Å². The highest BCUT2D eigenvalue weighted by Gasteiger charge is 2.13. The van der Waals surface area contributed by atoms with E-state index >= 15 is 0 Å². The quantitative estimate of drug-likeness (QED) is 0.890. The number of urea groups is 1. The van der Waals surface area contributed by atoms with Crippen LogP contribution in [0.15, 0.2) is 18.7 Å². The van der Waals surface area contributed by atoms with Gasteiger partial charge >= 0.3 is 6.03 Å². The summed E-state index contributed by atoms with van der Waals surface area (Å²) in [6, 6.07) is -0.0736. The number of carbonyl (C=O) groups is 1. The molecule has 2 heterocycles. The van der Waals surface area contributed by atoms with Gasteiger partial charge in [0.2, 0.25) is 0 Å². The van der Waals surface area contributed by atoms with E-state index in [1.807, 2.05) is 38.6 Å². The van der Waals surface area contributed by atoms with E-state index < -0.39 is 0 Å². The van der Waals surface area contributed by atoms with Crippen LogP contribution >= 0.6 is 0 Å². The van der Waals surface area contributed by atoms with E-state index in [4.69, 9.17) is 0 Å². The third-order valence-electron chi connectivity index (χ3n) is 3.34. The van der Waals surface area contributed by atoms with E-state index in [2.05, 4.69) is 20.7 Å². The number of nitrogens with zero attached hydrogens (tertiary/aromatic N) is 4. The molecule has 0 unspecified atom stereocenters. The van der Waals surface area contributed by atoms with Crippen LogP contribution in [-0.4, -0.2) is 31.9 Å². The Bertz CT molecular complexity index is 586. The number of hydrogen-bond acceptors (Lipinski definition) is 3. The third kappa shape index (κ3) is 2.98. The highest BCUT2D eigenvalue weighted by molar-refractivity contribution is 5.90. The van der Waals surface area contributed by atoms with E-state index in [1.54, 1.807) is 17.2 Å². The maximum atomic E-state index is 11.9. The van der Waals surface area contributed by atoms with E-state index in [1.165, 1.54) is 0 Å². The number of anilines is 1. The zero-order chi connectivity index (χ0) is 14.7. The molecule has 0 radical (unpaired) electrons. The van der Waals surface area contributed by atoms with Crippen LogP contribution in [0.5, 0.6) is 0 Å². The number of amides is 2. The van der Waals surface area contributed by atoms with Crippen molar-refractivity contribution in [2.75, 3.05) is 11.9 Å². The molecule has 20 heavy (non-hydrogen) atoms. The van der Waals surface area contributed by atoms with E-state index in [9.17, 15) is 4.79 Å². The second kappa shape index (κ2) is 5.77. The van der Waals surface area contributed by atoms with Crippen LogP contribution in [0, 0.1) is 13.8 Å². The zero-order valence-corrected chi connectivity index (χ0v) is 12.2. The zero-order valence-electron chi connectivity index (χ0n) is 12.2. The van der Waals surface area contributed by atoms with Crippen molar-refractivity contribution >= 4 is 11.7 Å². The molecule has 0 aliphatic carbocycles. The molecule has 0 aromatic carbocycles. The van der Waals surface area contributed by atoms with Crippen molar-refractivity contribution in [3.8, 4) is 0 Å². The Hall–Kier alpha value is -2.31. The molecule has 0 fully saturated rings. The fourth-order valence-electron chi connectivity index (χ4n) is 1.99. The van der Waals surface area contributed by atoms with Crippen LogP contribution in [0.25, 0.3) is 0 Å². The summed E-state index contributed by atoms with van der Waals surface area (Å²) < 4.78 is 3.69. The summed E-state index contributed by atoms with van der Waals surface area (Å²) in [4.78, 5) is 15.9. The number of aryl methyl sites for hydroxylation is 2. The predicted molar refractivity (Wildman–Crippen MR) is 76.6 cm³/mol. The summed E-state index contributed by atoms with van der Waals surface area (Å²) in [7, 11) is 1.85. The minimum atomic E-state index is -0.226. The van der Waals surface area contributed by atoms with Crippen molar-refractivity contribution in [3.63, 3.8) is 0 Å². The molecular formula is C13H20N6O. The molecule has 0 saturated carbocycles. The molecule has 108 valence electrons. The van der Waals surface area contributed by atoms with Gasteiger partial charge < -0.3 is 15.2 Å². The minimum Gasteiger partial charge on any atom is -0.336 e. The number of aromatic nitrogens is 4. The fourth-order valence-corrected chi connectivity index (χ4v) is 1.99. The molecule has 2 aromatic heterocycles. The van der Waals surface area contributed by atoms with Gasteiger partial charge in [-0.2, -0.15) is 5.10 Å². The molecule has 2 amide bonds. The Kier molecular flexibility index (Phi) is 4.07. The molecule has 2 rings (SSSR count). The highest BCUT2D eigenvalue weighted by Crippen LogP contribution is 2.17. The van der Waals surface area contributed by atoms with Crippen molar-refractivity contribution in [2.24, 2.45) is 7.05 Å². The smallest absolute Gasteiger partial charge is 0.319 e. The van der Waals surface area contributed by atoms with Crippen LogP contribution in [0.2, 0.25) is 0 Å². The van der Waals surface area contributed by atoms with Gasteiger partial charge in [-0.3, -0.25) is 4.68 Å². The lowest BCUT2D eigenvalue weighted by molar-refractivity contribution is 0.250. The number of rotatable bonds is 4. The number of nitrogens with one attached hydrogen (secondary N) is 2. The predicted octanol–water partition coefficient (Wildman–Crippen LogP) is 1.62.